The smallest absolute Gasteiger partial charge is 0.303 e. The minimum absolute atomic E-state index is 0.225. The van der Waals surface area contributed by atoms with Gasteiger partial charge in [0, 0.05) is 13.0 Å². The Balaban J connectivity index is 2.00. The summed E-state index contributed by atoms with van der Waals surface area (Å²) < 4.78 is 0. The first-order chi connectivity index (χ1) is 12.2. The first kappa shape index (κ1) is 21.9. The lowest BCUT2D eigenvalue weighted by Gasteiger charge is -2.08. The van der Waals surface area contributed by atoms with E-state index < -0.39 is 5.97 Å². The van der Waals surface area contributed by atoms with Gasteiger partial charge < -0.3 is 15.5 Å². The average Bonchev–Trinajstić information content (AvgIpc) is 3.04. The Morgan fingerprint density at radius 2 is 1.92 bits per heavy atom. The van der Waals surface area contributed by atoms with Crippen LogP contribution in [0.3, 0.4) is 0 Å². The maximum atomic E-state index is 10.6. The number of rotatable bonds is 15. The van der Waals surface area contributed by atoms with Crippen LogP contribution in [0.5, 0.6) is 0 Å². The predicted molar refractivity (Wildman–Crippen MR) is 104 cm³/mol. The number of nitrogens with one attached hydrogen (secondary N) is 1. The molecule has 25 heavy (non-hydrogen) atoms. The van der Waals surface area contributed by atoms with E-state index in [-0.39, 0.29) is 13.0 Å². The molecule has 0 aromatic heterocycles. The van der Waals surface area contributed by atoms with Gasteiger partial charge in [-0.25, -0.2) is 0 Å². The van der Waals surface area contributed by atoms with Gasteiger partial charge in [0.25, 0.3) is 0 Å². The van der Waals surface area contributed by atoms with Crippen molar-refractivity contribution in [3.63, 3.8) is 0 Å². The summed E-state index contributed by atoms with van der Waals surface area (Å²) in [7, 11) is 1.94. The summed E-state index contributed by atoms with van der Waals surface area (Å²) in [6, 6.07) is 0. The molecule has 0 amide bonds. The summed E-state index contributed by atoms with van der Waals surface area (Å²) >= 11 is 0. The highest BCUT2D eigenvalue weighted by atomic mass is 16.4. The first-order valence-electron chi connectivity index (χ1n) is 10.0. The number of aliphatic hydroxyl groups is 1. The van der Waals surface area contributed by atoms with E-state index in [1.54, 1.807) is 0 Å². The molecular formula is C21H37NO3. The number of carbonyl (C=O) groups is 1. The van der Waals surface area contributed by atoms with Gasteiger partial charge in [-0.05, 0) is 57.1 Å². The van der Waals surface area contributed by atoms with E-state index in [9.17, 15) is 4.79 Å². The number of likely N-dealkylation sites (N-methyl/N-ethyl adjacent to an activating group) is 1. The molecule has 0 spiro atoms. The number of carboxylic acid groups (broad SMARTS) is 1. The summed E-state index contributed by atoms with van der Waals surface area (Å²) in [6.45, 7) is 1.11. The minimum atomic E-state index is -0.722. The highest BCUT2D eigenvalue weighted by Gasteiger charge is 2.14. The van der Waals surface area contributed by atoms with Crippen LogP contribution in [0.25, 0.3) is 0 Å². The Bertz CT molecular complexity index is 429. The average molecular weight is 352 g/mol. The predicted octanol–water partition coefficient (Wildman–Crippen LogP) is 4.45. The van der Waals surface area contributed by atoms with E-state index in [0.717, 1.165) is 19.4 Å². The molecule has 0 heterocycles. The van der Waals surface area contributed by atoms with Crippen LogP contribution in [-0.2, 0) is 4.79 Å². The van der Waals surface area contributed by atoms with Crippen LogP contribution in [0, 0.1) is 5.92 Å². The van der Waals surface area contributed by atoms with E-state index in [0.29, 0.717) is 12.3 Å². The molecule has 1 aliphatic carbocycles. The maximum absolute atomic E-state index is 10.6. The number of hydrogen-bond donors (Lipinski definition) is 3. The van der Waals surface area contributed by atoms with E-state index in [1.807, 2.05) is 7.05 Å². The van der Waals surface area contributed by atoms with Crippen molar-refractivity contribution in [3.8, 4) is 0 Å². The van der Waals surface area contributed by atoms with Crippen LogP contribution in [0.15, 0.2) is 23.3 Å². The summed E-state index contributed by atoms with van der Waals surface area (Å²) in [4.78, 5) is 10.6. The molecule has 0 fully saturated rings. The fourth-order valence-corrected chi connectivity index (χ4v) is 3.59. The van der Waals surface area contributed by atoms with Gasteiger partial charge in [0.1, 0.15) is 0 Å². The highest BCUT2D eigenvalue weighted by molar-refractivity contribution is 5.66. The van der Waals surface area contributed by atoms with E-state index in [4.69, 9.17) is 10.2 Å². The molecule has 0 saturated heterocycles. The molecule has 0 aromatic carbocycles. The number of unbranched alkanes of at least 4 members (excludes halogenated alkanes) is 5. The standard InChI is InChI=1S/C21H37NO3/c1-22-16-19(11-8-12-21(24)25)10-7-5-3-2-4-6-9-18-13-14-20(15-18)17-23/h11,15,18,22-23H,2-10,12-14,16-17H2,1H3,(H,24,25)/b19-11-/t18-/m0/s1. The molecule has 0 unspecified atom stereocenters. The van der Waals surface area contributed by atoms with Gasteiger partial charge in [0.2, 0.25) is 0 Å². The largest absolute Gasteiger partial charge is 0.481 e. The van der Waals surface area contributed by atoms with Crippen molar-refractivity contribution in [1.82, 2.24) is 5.32 Å². The summed E-state index contributed by atoms with van der Waals surface area (Å²) in [5, 5.41) is 21.0. The summed E-state index contributed by atoms with van der Waals surface area (Å²) in [5.41, 5.74) is 2.58. The van der Waals surface area contributed by atoms with Crippen LogP contribution >= 0.6 is 0 Å². The van der Waals surface area contributed by atoms with E-state index in [2.05, 4.69) is 17.5 Å². The van der Waals surface area contributed by atoms with Crippen molar-refractivity contribution in [2.45, 2.75) is 77.0 Å². The molecule has 144 valence electrons. The Morgan fingerprint density at radius 1 is 1.20 bits per heavy atom. The van der Waals surface area contributed by atoms with Crippen LogP contribution < -0.4 is 5.32 Å². The zero-order valence-electron chi connectivity index (χ0n) is 15.9. The molecule has 4 nitrogen and oxygen atoms in total. The molecule has 0 aromatic rings. The first-order valence-corrected chi connectivity index (χ1v) is 10.0. The molecule has 1 rings (SSSR count). The molecule has 1 atom stereocenters. The number of carboxylic acids is 1. The van der Waals surface area contributed by atoms with Gasteiger partial charge in [-0.15, -0.1) is 0 Å². The quantitative estimate of drug-likeness (QED) is 0.301. The van der Waals surface area contributed by atoms with E-state index in [1.165, 1.54) is 62.5 Å². The molecule has 1 aliphatic rings. The normalized spacial score (nSPS) is 17.8. The van der Waals surface area contributed by atoms with Gasteiger partial charge in [-0.2, -0.15) is 0 Å². The van der Waals surface area contributed by atoms with Gasteiger partial charge in [0.15, 0.2) is 0 Å². The molecule has 0 aliphatic heterocycles. The maximum Gasteiger partial charge on any atom is 0.303 e. The summed E-state index contributed by atoms with van der Waals surface area (Å²) in [5.74, 6) is -0.0112. The second-order valence-corrected chi connectivity index (χ2v) is 7.27. The zero-order chi connectivity index (χ0) is 18.3. The second-order valence-electron chi connectivity index (χ2n) is 7.27. The topological polar surface area (TPSA) is 69.6 Å². The molecule has 4 heteroatoms. The molecule has 0 radical (unpaired) electrons. The number of allylic oxidation sites excluding steroid dienone is 2. The fraction of sp³-hybridized carbons (Fsp3) is 0.762. The van der Waals surface area contributed by atoms with Crippen molar-refractivity contribution in [2.75, 3.05) is 20.2 Å². The van der Waals surface area contributed by atoms with Crippen LogP contribution in [0.2, 0.25) is 0 Å². The highest BCUT2D eigenvalue weighted by Crippen LogP contribution is 2.28. The molecule has 0 bridgehead atoms. The Kier molecular flexibility index (Phi) is 12.3. The van der Waals surface area contributed by atoms with Gasteiger partial charge in [0.05, 0.1) is 6.61 Å². The third kappa shape index (κ3) is 11.2. The lowest BCUT2D eigenvalue weighted by Crippen LogP contribution is -2.10. The molecule has 3 N–H and O–H groups in total. The Labute approximate surface area is 153 Å². The Morgan fingerprint density at radius 3 is 2.56 bits per heavy atom. The summed E-state index contributed by atoms with van der Waals surface area (Å²) in [6.07, 6.45) is 17.6. The SMILES string of the molecule is CNC/C(=C\CCC(=O)O)CCCCCCCC[C@@H]1C=C(CO)CC1. The van der Waals surface area contributed by atoms with Crippen molar-refractivity contribution in [2.24, 2.45) is 5.92 Å². The van der Waals surface area contributed by atoms with Crippen LogP contribution in [0.1, 0.15) is 77.0 Å². The lowest BCUT2D eigenvalue weighted by atomic mass is 9.99. The van der Waals surface area contributed by atoms with Crippen molar-refractivity contribution in [1.29, 1.82) is 0 Å². The second kappa shape index (κ2) is 14.1. The number of hydrogen-bond acceptors (Lipinski definition) is 3. The van der Waals surface area contributed by atoms with Crippen LogP contribution in [0.4, 0.5) is 0 Å². The van der Waals surface area contributed by atoms with Gasteiger partial charge >= 0.3 is 5.97 Å². The van der Waals surface area contributed by atoms with Crippen LogP contribution in [-0.4, -0.2) is 36.4 Å². The van der Waals surface area contributed by atoms with Gasteiger partial charge in [-0.3, -0.25) is 4.79 Å². The molecular weight excluding hydrogens is 314 g/mol. The number of aliphatic carboxylic acids is 1. The fourth-order valence-electron chi connectivity index (χ4n) is 3.59. The minimum Gasteiger partial charge on any atom is -0.481 e. The lowest BCUT2D eigenvalue weighted by molar-refractivity contribution is -0.136. The monoisotopic (exact) mass is 351 g/mol. The number of aliphatic hydroxyl groups excluding tert-OH is 1. The third-order valence-corrected chi connectivity index (χ3v) is 5.03. The van der Waals surface area contributed by atoms with Gasteiger partial charge in [-0.1, -0.05) is 49.8 Å². The molecule has 0 saturated carbocycles. The zero-order valence-corrected chi connectivity index (χ0v) is 15.9. The van der Waals surface area contributed by atoms with Crippen molar-refractivity contribution < 1.29 is 15.0 Å². The van der Waals surface area contributed by atoms with Crippen molar-refractivity contribution in [3.05, 3.63) is 23.3 Å². The van der Waals surface area contributed by atoms with Crippen molar-refractivity contribution >= 4 is 5.97 Å². The third-order valence-electron chi connectivity index (χ3n) is 5.03. The Hall–Kier alpha value is -1.13. The van der Waals surface area contributed by atoms with E-state index >= 15 is 0 Å².